The van der Waals surface area contributed by atoms with Crippen molar-refractivity contribution in [3.63, 3.8) is 0 Å². The van der Waals surface area contributed by atoms with E-state index in [9.17, 15) is 28.8 Å². The number of methoxy groups -OCH3 is 1. The average molecular weight is 706 g/mol. The van der Waals surface area contributed by atoms with Crippen molar-refractivity contribution in [2.45, 2.75) is 44.4 Å². The van der Waals surface area contributed by atoms with Crippen molar-refractivity contribution in [2.24, 2.45) is 5.73 Å². The molecule has 10 N–H and O–H groups in total. The van der Waals surface area contributed by atoms with Gasteiger partial charge < -0.3 is 52.1 Å². The number of carbonyl (C=O) groups is 5. The number of nitrogen functional groups attached to an aromatic ring is 1. The molecule has 266 valence electrons. The number of fused-ring (bicyclic) bond motifs is 1. The first-order valence-electron chi connectivity index (χ1n) is 14.9. The summed E-state index contributed by atoms with van der Waals surface area (Å²) >= 11 is 1.19. The molecule has 0 saturated carbocycles. The van der Waals surface area contributed by atoms with Crippen molar-refractivity contribution in [3.05, 3.63) is 45.9 Å². The monoisotopic (exact) mass is 705 g/mol. The molecule has 2 heterocycles. The molecule has 19 nitrogen and oxygen atoms in total. The zero-order valence-electron chi connectivity index (χ0n) is 26.6. The Morgan fingerprint density at radius 3 is 2.41 bits per heavy atom. The molecular formula is C29H39N9O10S. The Bertz CT molecular complexity index is 1680. The minimum absolute atomic E-state index is 0.0164. The topological polar surface area (TPSA) is 296 Å². The van der Waals surface area contributed by atoms with Gasteiger partial charge in [-0.15, -0.1) is 0 Å². The average Bonchev–Trinajstić information content (AvgIpc) is 3.38. The molecule has 2 unspecified atom stereocenters. The van der Waals surface area contributed by atoms with Crippen molar-refractivity contribution in [1.82, 2.24) is 35.5 Å². The maximum absolute atomic E-state index is 12.7. The molecule has 0 bridgehead atoms. The van der Waals surface area contributed by atoms with Gasteiger partial charge in [-0.3, -0.25) is 28.5 Å². The van der Waals surface area contributed by atoms with Crippen molar-refractivity contribution in [1.29, 1.82) is 0 Å². The molecule has 0 saturated heterocycles. The Labute approximate surface area is 283 Å². The van der Waals surface area contributed by atoms with Crippen molar-refractivity contribution < 1.29 is 43.7 Å². The van der Waals surface area contributed by atoms with Crippen LogP contribution in [0, 0.1) is 0 Å². The van der Waals surface area contributed by atoms with Gasteiger partial charge in [0.2, 0.25) is 17.7 Å². The lowest BCUT2D eigenvalue weighted by Crippen LogP contribution is -2.49. The van der Waals surface area contributed by atoms with E-state index in [0.717, 1.165) is 11.1 Å². The van der Waals surface area contributed by atoms with Gasteiger partial charge in [-0.1, -0.05) is 24.3 Å². The number of thioether (sulfide) groups is 1. The van der Waals surface area contributed by atoms with Crippen LogP contribution in [0.15, 0.2) is 29.1 Å². The number of carboxylic acid groups (broad SMARTS) is 2. The van der Waals surface area contributed by atoms with Gasteiger partial charge in [0.15, 0.2) is 11.5 Å². The van der Waals surface area contributed by atoms with Gasteiger partial charge in [-0.05, 0) is 17.5 Å². The third-order valence-corrected chi connectivity index (χ3v) is 7.89. The maximum atomic E-state index is 12.7. The molecule has 49 heavy (non-hydrogen) atoms. The van der Waals surface area contributed by atoms with Gasteiger partial charge in [0.25, 0.3) is 0 Å². The number of hydrogen-bond donors (Lipinski definition) is 8. The maximum Gasteiger partial charge on any atom is 0.328 e. The molecule has 0 aliphatic carbocycles. The molecule has 0 fully saturated rings. The van der Waals surface area contributed by atoms with Gasteiger partial charge in [-0.2, -0.15) is 21.7 Å². The number of carbonyl (C=O) groups excluding carboxylic acids is 3. The number of rotatable bonds is 21. The number of benzene rings is 1. The van der Waals surface area contributed by atoms with Crippen LogP contribution >= 0.6 is 11.8 Å². The second-order valence-electron chi connectivity index (χ2n) is 10.6. The zero-order chi connectivity index (χ0) is 35.9. The number of nitrogens with zero attached hydrogens (tertiary/aromatic N) is 3. The van der Waals surface area contributed by atoms with Crippen LogP contribution < -0.4 is 37.8 Å². The summed E-state index contributed by atoms with van der Waals surface area (Å²) < 4.78 is 11.8. The number of aromatic amines is 1. The van der Waals surface area contributed by atoms with Crippen LogP contribution in [0.1, 0.15) is 30.4 Å². The Morgan fingerprint density at radius 1 is 1.02 bits per heavy atom. The summed E-state index contributed by atoms with van der Waals surface area (Å²) in [5.41, 5.74) is 13.1. The zero-order valence-corrected chi connectivity index (χ0v) is 27.4. The number of aromatic nitrogens is 4. The lowest BCUT2D eigenvalue weighted by atomic mass is 10.1. The number of ether oxygens (including phenoxy) is 2. The molecule has 2 atom stereocenters. The first kappa shape index (κ1) is 38.2. The predicted octanol–water partition coefficient (Wildman–Crippen LogP) is -1.61. The minimum Gasteiger partial charge on any atom is -0.480 e. The lowest BCUT2D eigenvalue weighted by Gasteiger charge is -2.18. The first-order valence-corrected chi connectivity index (χ1v) is 16.1. The molecule has 3 amide bonds. The van der Waals surface area contributed by atoms with E-state index in [1.165, 1.54) is 23.4 Å². The van der Waals surface area contributed by atoms with Crippen molar-refractivity contribution >= 4 is 58.4 Å². The fourth-order valence-corrected chi connectivity index (χ4v) is 5.17. The number of aliphatic carboxylic acids is 2. The van der Waals surface area contributed by atoms with Crippen LogP contribution in [-0.4, -0.2) is 110 Å². The SMILES string of the molecule is COCCOc1nc(N)c2[nH]c(=O)n(Cc3ccc(CNC(=O)CCSCC(NC(=O)CCC(N)C(=O)O)C(=O)NCC(=O)O)cc3)c2n1. The molecule has 0 radical (unpaired) electrons. The fraction of sp³-hybridized carbons (Fsp3) is 0.448. The van der Waals surface area contributed by atoms with E-state index in [1.54, 1.807) is 12.1 Å². The number of nitrogens with one attached hydrogen (secondary N) is 4. The van der Waals surface area contributed by atoms with Gasteiger partial charge in [0.1, 0.15) is 30.8 Å². The lowest BCUT2D eigenvalue weighted by molar-refractivity contribution is -0.139. The number of H-pyrrole nitrogens is 1. The normalized spacial score (nSPS) is 12.2. The molecule has 20 heteroatoms. The Morgan fingerprint density at radius 2 is 1.73 bits per heavy atom. The number of hydrogen-bond acceptors (Lipinski definition) is 13. The second-order valence-corrected chi connectivity index (χ2v) is 11.7. The highest BCUT2D eigenvalue weighted by molar-refractivity contribution is 7.99. The number of anilines is 1. The van der Waals surface area contributed by atoms with E-state index >= 15 is 0 Å². The molecular weight excluding hydrogens is 666 g/mol. The molecule has 3 aromatic rings. The standard InChI is InChI=1S/C29H39N9O10S/c1-47-9-10-48-28-36-24(31)23-25(37-28)38(29(46)35-23)14-17-4-2-16(3-5-17)12-32-20(39)8-11-49-15-19(26(43)33-13-22(41)42)34-21(40)7-6-18(30)27(44)45/h2-5,18-19H,6-15,30H2,1H3,(H,32,39)(H,33,43)(H,34,40)(H,35,46)(H,41,42)(H,44,45)(H2,31,36,37). The largest absolute Gasteiger partial charge is 0.480 e. The smallest absolute Gasteiger partial charge is 0.328 e. The van der Waals surface area contributed by atoms with E-state index in [-0.39, 0.29) is 68.1 Å². The highest BCUT2D eigenvalue weighted by Gasteiger charge is 2.23. The van der Waals surface area contributed by atoms with Gasteiger partial charge in [0.05, 0.1) is 13.2 Å². The summed E-state index contributed by atoms with van der Waals surface area (Å²) in [6.45, 7) is 0.292. The predicted molar refractivity (Wildman–Crippen MR) is 177 cm³/mol. The highest BCUT2D eigenvalue weighted by atomic mass is 32.2. The molecule has 1 aromatic carbocycles. The number of amides is 3. The van der Waals surface area contributed by atoms with E-state index in [0.29, 0.717) is 17.9 Å². The van der Waals surface area contributed by atoms with Crippen molar-refractivity contribution in [3.8, 4) is 6.01 Å². The summed E-state index contributed by atoms with van der Waals surface area (Å²) in [6.07, 6.45) is -0.302. The quantitative estimate of drug-likeness (QED) is 0.0579. The van der Waals surface area contributed by atoms with E-state index < -0.39 is 48.1 Å². The summed E-state index contributed by atoms with van der Waals surface area (Å²) in [6, 6.07) is 4.89. The second kappa shape index (κ2) is 19.0. The highest BCUT2D eigenvalue weighted by Crippen LogP contribution is 2.19. The Hall–Kier alpha value is -5.21. The fourth-order valence-electron chi connectivity index (χ4n) is 4.20. The number of carboxylic acids is 2. The molecule has 0 spiro atoms. The first-order chi connectivity index (χ1) is 23.4. The molecule has 3 rings (SSSR count). The van der Waals surface area contributed by atoms with Crippen LogP contribution in [0.25, 0.3) is 11.2 Å². The van der Waals surface area contributed by atoms with E-state index in [2.05, 4.69) is 30.9 Å². The summed E-state index contributed by atoms with van der Waals surface area (Å²) in [7, 11) is 1.53. The van der Waals surface area contributed by atoms with E-state index in [1.807, 2.05) is 12.1 Å². The number of imidazole rings is 1. The third-order valence-electron chi connectivity index (χ3n) is 6.83. The van der Waals surface area contributed by atoms with Crippen LogP contribution in [0.2, 0.25) is 0 Å². The van der Waals surface area contributed by atoms with E-state index in [4.69, 9.17) is 31.2 Å². The Kier molecular flexibility index (Phi) is 14.8. The third kappa shape index (κ3) is 12.4. The van der Waals surface area contributed by atoms with Gasteiger partial charge in [0, 0.05) is 38.0 Å². The van der Waals surface area contributed by atoms with Crippen LogP contribution in [0.3, 0.4) is 0 Å². The molecule has 0 aliphatic heterocycles. The summed E-state index contributed by atoms with van der Waals surface area (Å²) in [5, 5.41) is 25.2. The van der Waals surface area contributed by atoms with Crippen LogP contribution in [0.4, 0.5) is 5.82 Å². The molecule has 0 aliphatic rings. The number of nitrogens with two attached hydrogens (primary N) is 2. The summed E-state index contributed by atoms with van der Waals surface area (Å²) in [4.78, 5) is 82.5. The Balaban J connectivity index is 1.48. The minimum atomic E-state index is -1.27. The van der Waals surface area contributed by atoms with Gasteiger partial charge >= 0.3 is 23.6 Å². The molecule has 2 aromatic heterocycles. The van der Waals surface area contributed by atoms with Crippen molar-refractivity contribution in [2.75, 3.05) is 44.1 Å². The van der Waals surface area contributed by atoms with Gasteiger partial charge in [-0.25, -0.2) is 4.79 Å². The van der Waals surface area contributed by atoms with Crippen LogP contribution in [0.5, 0.6) is 6.01 Å². The summed E-state index contributed by atoms with van der Waals surface area (Å²) in [5.74, 6) is -3.76. The van der Waals surface area contributed by atoms with Crippen LogP contribution in [-0.2, 0) is 41.8 Å².